The molecule has 4 aliphatic carbocycles. The third kappa shape index (κ3) is 3.99. The van der Waals surface area contributed by atoms with Crippen molar-refractivity contribution in [2.24, 2.45) is 28.6 Å². The molecule has 0 radical (unpaired) electrons. The van der Waals surface area contributed by atoms with E-state index < -0.39 is 5.97 Å². The molecule has 3 fully saturated rings. The molecule has 3 saturated carbocycles. The van der Waals surface area contributed by atoms with Crippen LogP contribution in [0.25, 0.3) is 0 Å². The molecule has 0 amide bonds. The van der Waals surface area contributed by atoms with E-state index in [0.717, 1.165) is 24.2 Å². The van der Waals surface area contributed by atoms with Gasteiger partial charge in [-0.3, -0.25) is 4.79 Å². The van der Waals surface area contributed by atoms with Crippen LogP contribution in [-0.2, 0) is 9.53 Å². The van der Waals surface area contributed by atoms with E-state index in [1.807, 2.05) is 0 Å². The molecule has 170 valence electrons. The first-order chi connectivity index (χ1) is 14.0. The first kappa shape index (κ1) is 22.3. The number of aliphatic carboxylic acids is 1. The SMILES string of the molecule is CC(C)(C)O[C@H]1CC[C@@]2(C)C(=CC[C@H]3[C@@H]4CC[C@H](NCCC(=O)O)[C@@]4(C)CC[C@@H]32)C1. The van der Waals surface area contributed by atoms with Crippen molar-refractivity contribution in [2.45, 2.75) is 110 Å². The zero-order chi connectivity index (χ0) is 21.7. The van der Waals surface area contributed by atoms with E-state index in [1.165, 1.54) is 44.9 Å². The molecule has 0 spiro atoms. The van der Waals surface area contributed by atoms with Crippen LogP contribution in [0.3, 0.4) is 0 Å². The van der Waals surface area contributed by atoms with Crippen LogP contribution in [0, 0.1) is 28.6 Å². The van der Waals surface area contributed by atoms with E-state index in [-0.39, 0.29) is 12.0 Å². The lowest BCUT2D eigenvalue weighted by Crippen LogP contribution is -2.53. The van der Waals surface area contributed by atoms with Gasteiger partial charge in [0.25, 0.3) is 0 Å². The molecule has 0 aromatic carbocycles. The molecule has 0 bridgehead atoms. The molecule has 2 N–H and O–H groups in total. The number of ether oxygens (including phenoxy) is 1. The van der Waals surface area contributed by atoms with Crippen LogP contribution >= 0.6 is 0 Å². The predicted molar refractivity (Wildman–Crippen MR) is 120 cm³/mol. The van der Waals surface area contributed by atoms with Gasteiger partial charge >= 0.3 is 5.97 Å². The van der Waals surface area contributed by atoms with Crippen molar-refractivity contribution in [2.75, 3.05) is 6.54 Å². The Kier molecular flexibility index (Phi) is 5.89. The second kappa shape index (κ2) is 7.92. The average Bonchev–Trinajstić information content (AvgIpc) is 2.97. The maximum Gasteiger partial charge on any atom is 0.304 e. The van der Waals surface area contributed by atoms with Crippen LogP contribution in [0.2, 0.25) is 0 Å². The molecular weight excluding hydrogens is 374 g/mol. The van der Waals surface area contributed by atoms with Crippen LogP contribution in [0.1, 0.15) is 92.4 Å². The molecule has 0 heterocycles. The maximum atomic E-state index is 10.9. The summed E-state index contributed by atoms with van der Waals surface area (Å²) in [5, 5.41) is 12.6. The first-order valence-corrected chi connectivity index (χ1v) is 12.4. The van der Waals surface area contributed by atoms with Gasteiger partial charge < -0.3 is 15.2 Å². The zero-order valence-corrected chi connectivity index (χ0v) is 19.8. The Labute approximate surface area is 183 Å². The van der Waals surface area contributed by atoms with E-state index >= 15 is 0 Å². The van der Waals surface area contributed by atoms with E-state index in [0.29, 0.717) is 29.5 Å². The highest BCUT2D eigenvalue weighted by molar-refractivity contribution is 5.66. The summed E-state index contributed by atoms with van der Waals surface area (Å²) in [6.45, 7) is 12.2. The molecule has 4 rings (SSSR count). The van der Waals surface area contributed by atoms with Gasteiger partial charge in [0.15, 0.2) is 0 Å². The van der Waals surface area contributed by atoms with Crippen LogP contribution in [0.5, 0.6) is 0 Å². The molecule has 0 aromatic rings. The Bertz CT molecular complexity index is 695. The lowest BCUT2D eigenvalue weighted by atomic mass is 9.48. The first-order valence-electron chi connectivity index (χ1n) is 12.4. The molecule has 7 atom stereocenters. The molecule has 4 nitrogen and oxygen atoms in total. The molecule has 0 saturated heterocycles. The van der Waals surface area contributed by atoms with Crippen molar-refractivity contribution >= 4 is 5.97 Å². The van der Waals surface area contributed by atoms with Crippen molar-refractivity contribution in [1.82, 2.24) is 5.32 Å². The van der Waals surface area contributed by atoms with Crippen molar-refractivity contribution in [3.8, 4) is 0 Å². The maximum absolute atomic E-state index is 10.9. The summed E-state index contributed by atoms with van der Waals surface area (Å²) in [5.74, 6) is 1.68. The predicted octanol–water partition coefficient (Wildman–Crippen LogP) is 5.57. The number of fused-ring (bicyclic) bond motifs is 5. The fourth-order valence-corrected chi connectivity index (χ4v) is 7.92. The van der Waals surface area contributed by atoms with Gasteiger partial charge in [0, 0.05) is 12.6 Å². The average molecular weight is 418 g/mol. The second-order valence-corrected chi connectivity index (χ2v) is 12.1. The summed E-state index contributed by atoms with van der Waals surface area (Å²) >= 11 is 0. The molecule has 4 heteroatoms. The van der Waals surface area contributed by atoms with Gasteiger partial charge in [-0.05, 0) is 101 Å². The standard InChI is InChI=1S/C26H43NO3/c1-24(2,3)30-18-10-13-25(4)17(16-18)6-7-19-20-8-9-22(27-15-12-23(28)29)26(20,5)14-11-21(19)25/h6,18-22,27H,7-16H2,1-5H3,(H,28,29)/t18-,19-,20-,21-,22-,25-,26-/m0/s1. The summed E-state index contributed by atoms with van der Waals surface area (Å²) in [7, 11) is 0. The third-order valence-corrected chi connectivity index (χ3v) is 9.31. The van der Waals surface area contributed by atoms with Crippen LogP contribution in [-0.4, -0.2) is 35.4 Å². The second-order valence-electron chi connectivity index (χ2n) is 12.1. The van der Waals surface area contributed by atoms with Crippen molar-refractivity contribution in [3.63, 3.8) is 0 Å². The number of allylic oxidation sites excluding steroid dienone is 1. The fraction of sp³-hybridized carbons (Fsp3) is 0.885. The highest BCUT2D eigenvalue weighted by Gasteiger charge is 2.58. The number of carbonyl (C=O) groups is 1. The number of hydrogen-bond donors (Lipinski definition) is 2. The summed E-state index contributed by atoms with van der Waals surface area (Å²) in [5.41, 5.74) is 2.31. The third-order valence-electron chi connectivity index (χ3n) is 9.31. The smallest absolute Gasteiger partial charge is 0.304 e. The lowest BCUT2D eigenvalue weighted by Gasteiger charge is -2.58. The van der Waals surface area contributed by atoms with E-state index in [1.54, 1.807) is 5.57 Å². The Morgan fingerprint density at radius 2 is 1.93 bits per heavy atom. The molecule has 0 aliphatic heterocycles. The quantitative estimate of drug-likeness (QED) is 0.575. The van der Waals surface area contributed by atoms with Crippen LogP contribution in [0.4, 0.5) is 0 Å². The van der Waals surface area contributed by atoms with Crippen molar-refractivity contribution in [3.05, 3.63) is 11.6 Å². The number of rotatable bonds is 5. The molecule has 4 aliphatic rings. The van der Waals surface area contributed by atoms with Crippen molar-refractivity contribution in [1.29, 1.82) is 0 Å². The Balaban J connectivity index is 1.47. The number of hydrogen-bond acceptors (Lipinski definition) is 3. The normalized spacial score (nSPS) is 43.4. The van der Waals surface area contributed by atoms with Crippen LogP contribution < -0.4 is 5.32 Å². The Morgan fingerprint density at radius 3 is 2.63 bits per heavy atom. The monoisotopic (exact) mass is 417 g/mol. The van der Waals surface area contributed by atoms with E-state index in [9.17, 15) is 4.79 Å². The van der Waals surface area contributed by atoms with Gasteiger partial charge in [-0.15, -0.1) is 0 Å². The number of nitrogens with one attached hydrogen (secondary N) is 1. The van der Waals surface area contributed by atoms with Gasteiger partial charge in [0.05, 0.1) is 18.1 Å². The Morgan fingerprint density at radius 1 is 1.17 bits per heavy atom. The summed E-state index contributed by atoms with van der Waals surface area (Å²) < 4.78 is 6.37. The minimum Gasteiger partial charge on any atom is -0.481 e. The highest BCUT2D eigenvalue weighted by Crippen LogP contribution is 2.65. The topological polar surface area (TPSA) is 58.6 Å². The van der Waals surface area contributed by atoms with Gasteiger partial charge in [-0.2, -0.15) is 0 Å². The van der Waals surface area contributed by atoms with E-state index in [2.05, 4.69) is 46.0 Å². The minimum atomic E-state index is -0.699. The van der Waals surface area contributed by atoms with Crippen molar-refractivity contribution < 1.29 is 14.6 Å². The fourth-order valence-electron chi connectivity index (χ4n) is 7.92. The molecule has 0 unspecified atom stereocenters. The van der Waals surface area contributed by atoms with Gasteiger partial charge in [0.2, 0.25) is 0 Å². The van der Waals surface area contributed by atoms with Crippen LogP contribution in [0.15, 0.2) is 11.6 Å². The molecule has 30 heavy (non-hydrogen) atoms. The van der Waals surface area contributed by atoms with Gasteiger partial charge in [0.1, 0.15) is 0 Å². The van der Waals surface area contributed by atoms with E-state index in [4.69, 9.17) is 9.84 Å². The summed E-state index contributed by atoms with van der Waals surface area (Å²) in [6.07, 6.45) is 13.2. The number of carboxylic acid groups (broad SMARTS) is 1. The Hall–Kier alpha value is -0.870. The van der Waals surface area contributed by atoms with Gasteiger partial charge in [-0.25, -0.2) is 0 Å². The largest absolute Gasteiger partial charge is 0.481 e. The molecular formula is C26H43NO3. The molecule has 0 aromatic heterocycles. The highest BCUT2D eigenvalue weighted by atomic mass is 16.5. The number of carboxylic acids is 1. The summed E-state index contributed by atoms with van der Waals surface area (Å²) in [6, 6.07) is 0.483. The minimum absolute atomic E-state index is 0.0602. The van der Waals surface area contributed by atoms with Gasteiger partial charge in [-0.1, -0.05) is 25.5 Å². The zero-order valence-electron chi connectivity index (χ0n) is 19.8. The summed E-state index contributed by atoms with van der Waals surface area (Å²) in [4.78, 5) is 10.9. The lowest BCUT2D eigenvalue weighted by molar-refractivity contribution is -0.137.